The van der Waals surface area contributed by atoms with Crippen molar-refractivity contribution in [1.29, 1.82) is 0 Å². The van der Waals surface area contributed by atoms with Gasteiger partial charge in [0.05, 0.1) is 12.1 Å². The molecule has 0 aromatic heterocycles. The van der Waals surface area contributed by atoms with Crippen LogP contribution in [0.3, 0.4) is 0 Å². The molecule has 1 heterocycles. The zero-order valence-corrected chi connectivity index (χ0v) is 7.27. The second-order valence-corrected chi connectivity index (χ2v) is 3.46. The van der Waals surface area contributed by atoms with E-state index in [9.17, 15) is 15.0 Å². The maximum Gasteiger partial charge on any atom is 0.219 e. The number of carbonyl (C=O) groups excluding carboxylic acids is 1. The summed E-state index contributed by atoms with van der Waals surface area (Å²) in [6.45, 7) is 0.507. The summed E-state index contributed by atoms with van der Waals surface area (Å²) >= 11 is 0. The molecule has 0 spiro atoms. The third-order valence-corrected chi connectivity index (χ3v) is 2.53. The summed E-state index contributed by atoms with van der Waals surface area (Å²) in [5.74, 6) is -0.643. The summed E-state index contributed by atoms with van der Waals surface area (Å²) in [7, 11) is 1.84. The Morgan fingerprint density at radius 1 is 1.62 bits per heavy atom. The minimum absolute atomic E-state index is 0.118. The number of likely N-dealkylation sites (N-methyl/N-ethyl adjacent to an activating group) is 1. The Labute approximate surface area is 75.8 Å². The maximum absolute atomic E-state index is 11.1. The van der Waals surface area contributed by atoms with E-state index in [0.29, 0.717) is 12.1 Å². The third kappa shape index (κ3) is 1.18. The number of aliphatic hydroxyl groups is 2. The molecule has 0 radical (unpaired) electrons. The Morgan fingerprint density at radius 3 is 3.00 bits per heavy atom. The van der Waals surface area contributed by atoms with Crippen molar-refractivity contribution in [2.75, 3.05) is 13.6 Å². The van der Waals surface area contributed by atoms with Gasteiger partial charge in [0.25, 0.3) is 0 Å². The zero-order valence-electron chi connectivity index (χ0n) is 7.27. The van der Waals surface area contributed by atoms with Crippen molar-refractivity contribution in [3.05, 3.63) is 23.5 Å². The lowest BCUT2D eigenvalue weighted by molar-refractivity contribution is -0.113. The zero-order chi connectivity index (χ0) is 9.59. The molecule has 4 nitrogen and oxygen atoms in total. The normalized spacial score (nSPS) is 34.2. The molecule has 1 aliphatic carbocycles. The molecule has 0 bridgehead atoms. The third-order valence-electron chi connectivity index (χ3n) is 2.53. The predicted octanol–water partition coefficient (Wildman–Crippen LogP) is -0.388. The molecule has 13 heavy (non-hydrogen) atoms. The van der Waals surface area contributed by atoms with E-state index in [-0.39, 0.29) is 11.8 Å². The highest BCUT2D eigenvalue weighted by atomic mass is 16.3. The van der Waals surface area contributed by atoms with Crippen LogP contribution in [0.15, 0.2) is 23.5 Å². The number of fused-ring (bicyclic) bond motifs is 1. The Balaban J connectivity index is 2.38. The number of nitrogens with zero attached hydrogens (tertiary/aromatic N) is 1. The number of rotatable bonds is 0. The molecule has 0 saturated carbocycles. The molecule has 1 fully saturated rings. The molecule has 2 atom stereocenters. The van der Waals surface area contributed by atoms with Crippen molar-refractivity contribution < 1.29 is 15.0 Å². The van der Waals surface area contributed by atoms with Crippen molar-refractivity contribution in [1.82, 2.24) is 4.90 Å². The molecule has 2 rings (SSSR count). The van der Waals surface area contributed by atoms with Crippen molar-refractivity contribution in [2.45, 2.75) is 12.1 Å². The monoisotopic (exact) mass is 181 g/mol. The van der Waals surface area contributed by atoms with Crippen LogP contribution >= 0.6 is 0 Å². The van der Waals surface area contributed by atoms with Crippen molar-refractivity contribution in [3.63, 3.8) is 0 Å². The van der Waals surface area contributed by atoms with Crippen LogP contribution in [0.1, 0.15) is 0 Å². The standard InChI is InChI=1S/C9H11NO3/c1-10-4-9(13)5-2-7(11)8(12)3-6(5)10/h2-3,6,9,12-13H,4H2,1H3. The first-order chi connectivity index (χ1) is 6.09. The average Bonchev–Trinajstić information content (AvgIpc) is 2.31. The number of ketones is 1. The van der Waals surface area contributed by atoms with Gasteiger partial charge in [0.2, 0.25) is 5.78 Å². The largest absolute Gasteiger partial charge is 0.504 e. The lowest BCUT2D eigenvalue weighted by Gasteiger charge is -2.19. The Morgan fingerprint density at radius 2 is 2.31 bits per heavy atom. The first kappa shape index (κ1) is 8.47. The van der Waals surface area contributed by atoms with Gasteiger partial charge in [-0.15, -0.1) is 0 Å². The predicted molar refractivity (Wildman–Crippen MR) is 46.2 cm³/mol. The highest BCUT2D eigenvalue weighted by Crippen LogP contribution is 2.27. The topological polar surface area (TPSA) is 60.8 Å². The first-order valence-electron chi connectivity index (χ1n) is 4.14. The second kappa shape index (κ2) is 2.68. The van der Waals surface area contributed by atoms with Gasteiger partial charge in [-0.2, -0.15) is 0 Å². The van der Waals surface area contributed by atoms with Gasteiger partial charge in [-0.25, -0.2) is 0 Å². The molecule has 1 saturated heterocycles. The van der Waals surface area contributed by atoms with E-state index in [1.54, 1.807) is 0 Å². The molecule has 70 valence electrons. The first-order valence-corrected chi connectivity index (χ1v) is 4.14. The van der Waals surface area contributed by atoms with Crippen molar-refractivity contribution in [2.24, 2.45) is 0 Å². The van der Waals surface area contributed by atoms with Crippen LogP contribution in [0.25, 0.3) is 0 Å². The van der Waals surface area contributed by atoms with Crippen molar-refractivity contribution >= 4 is 5.78 Å². The Kier molecular flexibility index (Phi) is 1.75. The van der Waals surface area contributed by atoms with Gasteiger partial charge >= 0.3 is 0 Å². The van der Waals surface area contributed by atoms with Crippen LogP contribution < -0.4 is 0 Å². The van der Waals surface area contributed by atoms with Crippen LogP contribution in [0.2, 0.25) is 0 Å². The quantitative estimate of drug-likeness (QED) is 0.534. The maximum atomic E-state index is 11.1. The summed E-state index contributed by atoms with van der Waals surface area (Å²) in [4.78, 5) is 13.0. The number of carbonyl (C=O) groups is 1. The fourth-order valence-corrected chi connectivity index (χ4v) is 1.81. The lowest BCUT2D eigenvalue weighted by Crippen LogP contribution is -2.27. The summed E-state index contributed by atoms with van der Waals surface area (Å²) in [5, 5.41) is 18.7. The summed E-state index contributed by atoms with van der Waals surface area (Å²) in [6, 6.07) is -0.118. The number of aliphatic hydroxyl groups excluding tert-OH is 2. The molecule has 2 N–H and O–H groups in total. The Hall–Kier alpha value is -1.13. The lowest BCUT2D eigenvalue weighted by atomic mass is 9.98. The number of hydrogen-bond acceptors (Lipinski definition) is 4. The SMILES string of the molecule is CN1CC(O)C2=CC(=O)C(O)=CC21. The molecular weight excluding hydrogens is 170 g/mol. The van der Waals surface area contributed by atoms with Gasteiger partial charge in [0.15, 0.2) is 5.76 Å². The fourth-order valence-electron chi connectivity index (χ4n) is 1.81. The summed E-state index contributed by atoms with van der Waals surface area (Å²) < 4.78 is 0. The van der Waals surface area contributed by atoms with E-state index in [1.165, 1.54) is 12.2 Å². The van der Waals surface area contributed by atoms with Gasteiger partial charge in [0, 0.05) is 6.54 Å². The number of likely N-dealkylation sites (tertiary alicyclic amines) is 1. The van der Waals surface area contributed by atoms with Gasteiger partial charge in [-0.05, 0) is 24.8 Å². The minimum atomic E-state index is -0.580. The Bertz CT molecular complexity index is 319. The van der Waals surface area contributed by atoms with E-state index < -0.39 is 11.9 Å². The molecule has 0 aromatic rings. The number of β-amino-alcohol motifs (C(OH)–C–C–N with tert-alkyl or cyclic N) is 1. The summed E-state index contributed by atoms with van der Waals surface area (Å²) in [6.07, 6.45) is 2.23. The molecule has 2 aliphatic rings. The van der Waals surface area contributed by atoms with Gasteiger partial charge in [0.1, 0.15) is 0 Å². The molecule has 2 unspecified atom stereocenters. The minimum Gasteiger partial charge on any atom is -0.504 e. The van der Waals surface area contributed by atoms with Gasteiger partial charge in [-0.1, -0.05) is 0 Å². The van der Waals surface area contributed by atoms with Crippen LogP contribution in [-0.2, 0) is 4.79 Å². The molecular formula is C9H11NO3. The van der Waals surface area contributed by atoms with Crippen LogP contribution in [0, 0.1) is 0 Å². The molecule has 0 aromatic carbocycles. The highest BCUT2D eigenvalue weighted by molar-refractivity contribution is 6.04. The summed E-state index contributed by atoms with van der Waals surface area (Å²) in [5.41, 5.74) is 0.685. The van der Waals surface area contributed by atoms with Crippen LogP contribution in [-0.4, -0.2) is 46.6 Å². The highest BCUT2D eigenvalue weighted by Gasteiger charge is 2.35. The average molecular weight is 181 g/mol. The van der Waals surface area contributed by atoms with Crippen LogP contribution in [0.5, 0.6) is 0 Å². The number of allylic oxidation sites excluding steroid dienone is 1. The molecule has 4 heteroatoms. The molecule has 0 amide bonds. The smallest absolute Gasteiger partial charge is 0.219 e. The van der Waals surface area contributed by atoms with Crippen LogP contribution in [0.4, 0.5) is 0 Å². The van der Waals surface area contributed by atoms with Gasteiger partial charge < -0.3 is 10.2 Å². The van der Waals surface area contributed by atoms with E-state index in [4.69, 9.17) is 0 Å². The molecule has 1 aliphatic heterocycles. The van der Waals surface area contributed by atoms with Crippen molar-refractivity contribution in [3.8, 4) is 0 Å². The van der Waals surface area contributed by atoms with E-state index >= 15 is 0 Å². The second-order valence-electron chi connectivity index (χ2n) is 3.46. The van der Waals surface area contributed by atoms with E-state index in [1.807, 2.05) is 11.9 Å². The fraction of sp³-hybridized carbons (Fsp3) is 0.444. The van der Waals surface area contributed by atoms with E-state index in [0.717, 1.165) is 0 Å². The van der Waals surface area contributed by atoms with E-state index in [2.05, 4.69) is 0 Å². The van der Waals surface area contributed by atoms with Gasteiger partial charge in [-0.3, -0.25) is 9.69 Å². The number of hydrogen-bond donors (Lipinski definition) is 2.